The van der Waals surface area contributed by atoms with Crippen molar-refractivity contribution >= 4 is 23.9 Å². The van der Waals surface area contributed by atoms with Gasteiger partial charge in [0.1, 0.15) is 6.61 Å². The largest absolute Gasteiger partial charge is 0.462 e. The van der Waals surface area contributed by atoms with Crippen LogP contribution < -0.4 is 0 Å². The molecule has 0 atom stereocenters. The minimum absolute atomic E-state index is 0.166. The minimum Gasteiger partial charge on any atom is -0.462 e. The highest BCUT2D eigenvalue weighted by Gasteiger charge is 2.20. The van der Waals surface area contributed by atoms with E-state index in [4.69, 9.17) is 18.9 Å². The second-order valence-electron chi connectivity index (χ2n) is 10.6. The number of carbonyl (C=O) groups excluding carboxylic acids is 4. The van der Waals surface area contributed by atoms with Crippen LogP contribution in [-0.4, -0.2) is 43.7 Å². The Balaban J connectivity index is 0.000000304. The van der Waals surface area contributed by atoms with Crippen molar-refractivity contribution in [2.75, 3.05) is 19.8 Å². The van der Waals surface area contributed by atoms with E-state index >= 15 is 0 Å². The molecule has 0 fully saturated rings. The lowest BCUT2D eigenvalue weighted by molar-refractivity contribution is 0.0412. The number of benzene rings is 3. The highest BCUT2D eigenvalue weighted by molar-refractivity contribution is 6.03. The quantitative estimate of drug-likeness (QED) is 0.116. The monoisotopic (exact) mass is 590 g/mol. The number of hydrogen-bond acceptors (Lipinski definition) is 8. The molecule has 0 bridgehead atoms. The average Bonchev–Trinajstić information content (AvgIpc) is 3.02. The molecule has 0 aromatic heterocycles. The van der Waals surface area contributed by atoms with Crippen molar-refractivity contribution in [1.29, 1.82) is 0 Å². The summed E-state index contributed by atoms with van der Waals surface area (Å²) in [5.74, 6) is -1.51. The number of carbonyl (C=O) groups is 4. The van der Waals surface area contributed by atoms with Gasteiger partial charge in [-0.1, -0.05) is 95.6 Å². The Labute approximate surface area is 254 Å². The molecule has 230 valence electrons. The van der Waals surface area contributed by atoms with Crippen LogP contribution in [0.1, 0.15) is 94.5 Å². The molecule has 0 unspecified atom stereocenters. The van der Waals surface area contributed by atoms with Crippen molar-refractivity contribution in [2.45, 2.75) is 54.1 Å². The molecule has 0 aliphatic carbocycles. The van der Waals surface area contributed by atoms with E-state index in [-0.39, 0.29) is 40.7 Å². The zero-order valence-electron chi connectivity index (χ0n) is 25.7. The van der Waals surface area contributed by atoms with E-state index in [1.165, 1.54) is 0 Å². The average molecular weight is 591 g/mol. The molecule has 0 amide bonds. The second kappa shape index (κ2) is 18.9. The van der Waals surface area contributed by atoms with E-state index in [9.17, 15) is 19.2 Å². The Kier molecular flexibility index (Phi) is 15.2. The molecule has 8 heteroatoms. The summed E-state index contributed by atoms with van der Waals surface area (Å²) in [6, 6.07) is 22.5. The fraction of sp³-hybridized carbons (Fsp3) is 0.371. The lowest BCUT2D eigenvalue weighted by atomic mass is 10.1. The van der Waals surface area contributed by atoms with Gasteiger partial charge in [0.15, 0.2) is 0 Å². The van der Waals surface area contributed by atoms with Gasteiger partial charge in [-0.3, -0.25) is 0 Å². The predicted molar refractivity (Wildman–Crippen MR) is 164 cm³/mol. The normalized spacial score (nSPS) is 10.4. The Bertz CT molecular complexity index is 1270. The van der Waals surface area contributed by atoms with Gasteiger partial charge in [-0.05, 0) is 48.1 Å². The van der Waals surface area contributed by atoms with E-state index in [0.29, 0.717) is 19.8 Å². The number of unbranched alkanes of at least 4 members (excludes halogenated alkanes) is 1. The van der Waals surface area contributed by atoms with Crippen molar-refractivity contribution in [3.8, 4) is 0 Å². The van der Waals surface area contributed by atoms with Gasteiger partial charge in [0.25, 0.3) is 0 Å². The van der Waals surface area contributed by atoms with Crippen molar-refractivity contribution in [2.24, 2.45) is 11.8 Å². The summed E-state index contributed by atoms with van der Waals surface area (Å²) in [5, 5.41) is 0. The van der Waals surface area contributed by atoms with Crippen LogP contribution in [0.25, 0.3) is 0 Å². The first kappa shape index (κ1) is 34.7. The van der Waals surface area contributed by atoms with Crippen LogP contribution in [0.5, 0.6) is 0 Å². The molecular formula is C35H42O8. The molecule has 0 spiro atoms. The summed E-state index contributed by atoms with van der Waals surface area (Å²) < 4.78 is 20.8. The molecular weight excluding hydrogens is 548 g/mol. The number of hydrogen-bond donors (Lipinski definition) is 0. The highest BCUT2D eigenvalue weighted by atomic mass is 16.5. The van der Waals surface area contributed by atoms with Gasteiger partial charge in [-0.15, -0.1) is 0 Å². The minimum atomic E-state index is -0.531. The van der Waals surface area contributed by atoms with Crippen LogP contribution >= 0.6 is 0 Å². The van der Waals surface area contributed by atoms with Crippen LogP contribution in [0.2, 0.25) is 0 Å². The van der Waals surface area contributed by atoms with Gasteiger partial charge >= 0.3 is 23.9 Å². The molecule has 3 rings (SSSR count). The molecule has 0 aliphatic rings. The van der Waals surface area contributed by atoms with E-state index in [0.717, 1.165) is 18.4 Å². The van der Waals surface area contributed by atoms with Crippen molar-refractivity contribution in [3.05, 3.63) is 107 Å². The summed E-state index contributed by atoms with van der Waals surface area (Å²) in [6.45, 7) is 11.0. The van der Waals surface area contributed by atoms with Crippen LogP contribution in [0, 0.1) is 11.8 Å². The van der Waals surface area contributed by atoms with E-state index in [1.807, 2.05) is 65.0 Å². The molecule has 43 heavy (non-hydrogen) atoms. The third-order valence-corrected chi connectivity index (χ3v) is 5.77. The number of rotatable bonds is 13. The van der Waals surface area contributed by atoms with E-state index in [2.05, 4.69) is 0 Å². The third kappa shape index (κ3) is 12.5. The smallest absolute Gasteiger partial charge is 0.339 e. The Morgan fingerprint density at radius 1 is 0.535 bits per heavy atom. The summed E-state index contributed by atoms with van der Waals surface area (Å²) in [6.07, 6.45) is 1.74. The first-order valence-electron chi connectivity index (χ1n) is 14.5. The first-order chi connectivity index (χ1) is 20.6. The SMILES string of the molecule is CC(C)COC(=O)c1ccccc1C(=O)OCC(C)C.CCCCOC(=O)c1ccccc1C(=O)OCc1ccccc1. The summed E-state index contributed by atoms with van der Waals surface area (Å²) in [5.41, 5.74) is 1.86. The maximum absolute atomic E-state index is 12.2. The highest BCUT2D eigenvalue weighted by Crippen LogP contribution is 2.15. The zero-order valence-corrected chi connectivity index (χ0v) is 25.7. The summed E-state index contributed by atoms with van der Waals surface area (Å²) in [4.78, 5) is 48.3. The van der Waals surface area contributed by atoms with Crippen LogP contribution in [0.15, 0.2) is 78.9 Å². The van der Waals surface area contributed by atoms with E-state index in [1.54, 1.807) is 48.5 Å². The molecule has 0 aliphatic heterocycles. The molecule has 8 nitrogen and oxygen atoms in total. The molecule has 3 aromatic rings. The van der Waals surface area contributed by atoms with Gasteiger partial charge < -0.3 is 18.9 Å². The Morgan fingerprint density at radius 2 is 0.907 bits per heavy atom. The third-order valence-electron chi connectivity index (χ3n) is 5.77. The van der Waals surface area contributed by atoms with Crippen LogP contribution in [-0.2, 0) is 25.6 Å². The molecule has 0 N–H and O–H groups in total. The lowest BCUT2D eigenvalue weighted by Gasteiger charge is -2.11. The molecule has 0 radical (unpaired) electrons. The van der Waals surface area contributed by atoms with Crippen molar-refractivity contribution < 1.29 is 38.1 Å². The van der Waals surface area contributed by atoms with E-state index < -0.39 is 23.9 Å². The second-order valence-corrected chi connectivity index (χ2v) is 10.6. The summed E-state index contributed by atoms with van der Waals surface area (Å²) in [7, 11) is 0. The summed E-state index contributed by atoms with van der Waals surface area (Å²) >= 11 is 0. The van der Waals surface area contributed by atoms with Crippen LogP contribution in [0.3, 0.4) is 0 Å². The lowest BCUT2D eigenvalue weighted by Crippen LogP contribution is -2.17. The molecule has 0 saturated carbocycles. The predicted octanol–water partition coefficient (Wildman–Crippen LogP) is 7.31. The first-order valence-corrected chi connectivity index (χ1v) is 14.5. The molecule has 3 aromatic carbocycles. The van der Waals surface area contributed by atoms with Gasteiger partial charge in [-0.25, -0.2) is 19.2 Å². The fourth-order valence-electron chi connectivity index (χ4n) is 3.51. The zero-order chi connectivity index (χ0) is 31.6. The van der Waals surface area contributed by atoms with Crippen LogP contribution in [0.4, 0.5) is 0 Å². The maximum atomic E-state index is 12.2. The molecule has 0 saturated heterocycles. The Hall–Kier alpha value is -4.46. The topological polar surface area (TPSA) is 105 Å². The van der Waals surface area contributed by atoms with Gasteiger partial charge in [0.05, 0.1) is 42.1 Å². The fourth-order valence-corrected chi connectivity index (χ4v) is 3.51. The standard InChI is InChI=1S/C19H20O4.C16H22O4/c1-2-3-13-22-18(20)16-11-7-8-12-17(16)19(21)23-14-15-9-5-4-6-10-15;1-11(2)9-19-15(17)13-7-5-6-8-14(13)16(18)20-10-12(3)4/h4-12H,2-3,13-14H2,1H3;5-8,11-12H,9-10H2,1-4H3. The number of ether oxygens (including phenoxy) is 4. The number of esters is 4. The van der Waals surface area contributed by atoms with Gasteiger partial charge in [0.2, 0.25) is 0 Å². The van der Waals surface area contributed by atoms with Crippen molar-refractivity contribution in [3.63, 3.8) is 0 Å². The van der Waals surface area contributed by atoms with Gasteiger partial charge in [0, 0.05) is 0 Å². The Morgan fingerprint density at radius 3 is 1.30 bits per heavy atom. The molecule has 0 heterocycles. The van der Waals surface area contributed by atoms with Crippen molar-refractivity contribution in [1.82, 2.24) is 0 Å². The van der Waals surface area contributed by atoms with Gasteiger partial charge in [-0.2, -0.15) is 0 Å². The maximum Gasteiger partial charge on any atom is 0.339 e.